The normalized spacial score (nSPS) is 10.1. The summed E-state index contributed by atoms with van der Waals surface area (Å²) in [6.07, 6.45) is 1.38. The Morgan fingerprint density at radius 2 is 1.69 bits per heavy atom. The molecule has 0 saturated heterocycles. The van der Waals surface area contributed by atoms with E-state index in [9.17, 15) is 9.59 Å². The number of amides is 2. The Morgan fingerprint density at radius 1 is 1.00 bits per heavy atom. The standard InChI is InChI=1S/C20H23N3O2S/c1-23(2)19(25)12-11-16-9-6-10-17(13-16)21-20(26)22-18(24)14-15-7-4-3-5-8-15/h3-10,13H,11-12,14H2,1-2H3,(H2,21,22,24,26). The Morgan fingerprint density at radius 3 is 2.38 bits per heavy atom. The first-order valence-corrected chi connectivity index (χ1v) is 8.78. The number of nitrogens with one attached hydrogen (secondary N) is 2. The van der Waals surface area contributed by atoms with Crippen LogP contribution >= 0.6 is 12.2 Å². The molecule has 6 heteroatoms. The van der Waals surface area contributed by atoms with Gasteiger partial charge in [0.25, 0.3) is 0 Å². The van der Waals surface area contributed by atoms with E-state index in [0.717, 1.165) is 16.8 Å². The average Bonchev–Trinajstić information content (AvgIpc) is 2.60. The Bertz CT molecular complexity index is 776. The van der Waals surface area contributed by atoms with E-state index >= 15 is 0 Å². The lowest BCUT2D eigenvalue weighted by molar-refractivity contribution is -0.128. The SMILES string of the molecule is CN(C)C(=O)CCc1cccc(NC(=S)NC(=O)Cc2ccccc2)c1. The molecule has 26 heavy (non-hydrogen) atoms. The minimum Gasteiger partial charge on any atom is -0.349 e. The maximum atomic E-state index is 12.0. The Kier molecular flexibility index (Phi) is 7.29. The molecule has 2 N–H and O–H groups in total. The third-order valence-corrected chi connectivity index (χ3v) is 3.98. The minimum atomic E-state index is -0.165. The van der Waals surface area contributed by atoms with Crippen LogP contribution in [0.4, 0.5) is 5.69 Å². The van der Waals surface area contributed by atoms with Gasteiger partial charge in [0.15, 0.2) is 5.11 Å². The molecule has 0 atom stereocenters. The molecule has 0 unspecified atom stereocenters. The third kappa shape index (κ3) is 6.64. The van der Waals surface area contributed by atoms with Crippen molar-refractivity contribution in [1.29, 1.82) is 0 Å². The summed E-state index contributed by atoms with van der Waals surface area (Å²) in [7, 11) is 3.49. The molecule has 0 saturated carbocycles. The first kappa shape index (κ1) is 19.6. The summed E-state index contributed by atoms with van der Waals surface area (Å²) in [4.78, 5) is 25.3. The van der Waals surface area contributed by atoms with Gasteiger partial charge < -0.3 is 15.5 Å². The van der Waals surface area contributed by atoms with Crippen LogP contribution in [0.25, 0.3) is 0 Å². The summed E-state index contributed by atoms with van der Waals surface area (Å²) in [6, 6.07) is 17.1. The zero-order valence-corrected chi connectivity index (χ0v) is 15.8. The van der Waals surface area contributed by atoms with Gasteiger partial charge in [-0.05, 0) is 41.9 Å². The summed E-state index contributed by atoms with van der Waals surface area (Å²) in [6.45, 7) is 0. The van der Waals surface area contributed by atoms with E-state index in [2.05, 4.69) is 10.6 Å². The molecule has 0 spiro atoms. The zero-order chi connectivity index (χ0) is 18.9. The van der Waals surface area contributed by atoms with E-state index in [1.807, 2.05) is 54.6 Å². The van der Waals surface area contributed by atoms with Crippen LogP contribution in [0.1, 0.15) is 17.5 Å². The highest BCUT2D eigenvalue weighted by Crippen LogP contribution is 2.12. The molecule has 2 aromatic rings. The predicted octanol–water partition coefficient (Wildman–Crippen LogP) is 2.76. The van der Waals surface area contributed by atoms with E-state index in [4.69, 9.17) is 12.2 Å². The number of carbonyl (C=O) groups excluding carboxylic acids is 2. The maximum Gasteiger partial charge on any atom is 0.230 e. The highest BCUT2D eigenvalue weighted by molar-refractivity contribution is 7.80. The topological polar surface area (TPSA) is 61.4 Å². The lowest BCUT2D eigenvalue weighted by Gasteiger charge is -2.12. The first-order valence-electron chi connectivity index (χ1n) is 8.38. The van der Waals surface area contributed by atoms with Crippen LogP contribution in [0, 0.1) is 0 Å². The second-order valence-electron chi connectivity index (χ2n) is 6.15. The molecular formula is C20H23N3O2S. The van der Waals surface area contributed by atoms with E-state index in [1.165, 1.54) is 0 Å². The van der Waals surface area contributed by atoms with E-state index in [1.54, 1.807) is 19.0 Å². The highest BCUT2D eigenvalue weighted by atomic mass is 32.1. The van der Waals surface area contributed by atoms with Crippen molar-refractivity contribution in [2.45, 2.75) is 19.3 Å². The second kappa shape index (κ2) is 9.68. The van der Waals surface area contributed by atoms with Crippen molar-refractivity contribution in [3.8, 4) is 0 Å². The summed E-state index contributed by atoms with van der Waals surface area (Å²) >= 11 is 5.21. The number of anilines is 1. The van der Waals surface area contributed by atoms with Crippen molar-refractivity contribution in [2.75, 3.05) is 19.4 Å². The predicted molar refractivity (Wildman–Crippen MR) is 108 cm³/mol. The minimum absolute atomic E-state index is 0.0899. The van der Waals surface area contributed by atoms with Crippen LogP contribution in [-0.2, 0) is 22.4 Å². The van der Waals surface area contributed by atoms with Crippen LogP contribution < -0.4 is 10.6 Å². The maximum absolute atomic E-state index is 12.0. The molecule has 0 radical (unpaired) electrons. The van der Waals surface area contributed by atoms with Gasteiger partial charge >= 0.3 is 0 Å². The molecule has 0 heterocycles. The van der Waals surface area contributed by atoms with Gasteiger partial charge in [0.05, 0.1) is 6.42 Å². The number of thiocarbonyl (C=S) groups is 1. The average molecular weight is 369 g/mol. The molecule has 0 aliphatic carbocycles. The highest BCUT2D eigenvalue weighted by Gasteiger charge is 2.08. The molecule has 0 bridgehead atoms. The first-order chi connectivity index (χ1) is 12.4. The molecule has 2 aromatic carbocycles. The van der Waals surface area contributed by atoms with Gasteiger partial charge in [0, 0.05) is 26.2 Å². The fourth-order valence-corrected chi connectivity index (χ4v) is 2.63. The third-order valence-electron chi connectivity index (χ3n) is 3.77. The second-order valence-corrected chi connectivity index (χ2v) is 6.56. The van der Waals surface area contributed by atoms with Gasteiger partial charge in [-0.15, -0.1) is 0 Å². The molecule has 5 nitrogen and oxygen atoms in total. The smallest absolute Gasteiger partial charge is 0.230 e. The van der Waals surface area contributed by atoms with E-state index < -0.39 is 0 Å². The number of carbonyl (C=O) groups is 2. The van der Waals surface area contributed by atoms with Crippen LogP contribution in [0.5, 0.6) is 0 Å². The van der Waals surface area contributed by atoms with Crippen molar-refractivity contribution < 1.29 is 9.59 Å². The summed E-state index contributed by atoms with van der Waals surface area (Å²) in [5.74, 6) is -0.0755. The number of benzene rings is 2. The number of aryl methyl sites for hydroxylation is 1. The van der Waals surface area contributed by atoms with Crippen molar-refractivity contribution in [3.63, 3.8) is 0 Å². The molecule has 0 aromatic heterocycles. The summed E-state index contributed by atoms with van der Waals surface area (Å²) in [5, 5.41) is 5.95. The van der Waals surface area contributed by atoms with Crippen LogP contribution in [0.15, 0.2) is 54.6 Å². The Labute approximate surface area is 159 Å². The van der Waals surface area contributed by atoms with Gasteiger partial charge in [0.1, 0.15) is 0 Å². The van der Waals surface area contributed by atoms with Crippen LogP contribution in [0.3, 0.4) is 0 Å². The summed E-state index contributed by atoms with van der Waals surface area (Å²) in [5.41, 5.74) is 2.74. The van der Waals surface area contributed by atoms with Gasteiger partial charge in [-0.2, -0.15) is 0 Å². The van der Waals surface area contributed by atoms with Gasteiger partial charge in [0.2, 0.25) is 11.8 Å². The lowest BCUT2D eigenvalue weighted by Crippen LogP contribution is -2.35. The fraction of sp³-hybridized carbons (Fsp3) is 0.250. The lowest BCUT2D eigenvalue weighted by atomic mass is 10.1. The van der Waals surface area contributed by atoms with Gasteiger partial charge in [-0.1, -0.05) is 42.5 Å². The molecule has 0 aliphatic heterocycles. The monoisotopic (exact) mass is 369 g/mol. The molecule has 2 rings (SSSR count). The van der Waals surface area contributed by atoms with Gasteiger partial charge in [-0.3, -0.25) is 9.59 Å². The molecular weight excluding hydrogens is 346 g/mol. The van der Waals surface area contributed by atoms with Crippen molar-refractivity contribution in [2.24, 2.45) is 0 Å². The Hall–Kier alpha value is -2.73. The number of rotatable bonds is 6. The Balaban J connectivity index is 1.85. The van der Waals surface area contributed by atoms with Crippen molar-refractivity contribution in [1.82, 2.24) is 10.2 Å². The van der Waals surface area contributed by atoms with Gasteiger partial charge in [-0.25, -0.2) is 0 Å². The number of nitrogens with zero attached hydrogens (tertiary/aromatic N) is 1. The molecule has 136 valence electrons. The molecule has 0 aliphatic rings. The molecule has 0 fully saturated rings. The fourth-order valence-electron chi connectivity index (χ4n) is 2.39. The summed E-state index contributed by atoms with van der Waals surface area (Å²) < 4.78 is 0. The van der Waals surface area contributed by atoms with E-state index in [-0.39, 0.29) is 23.3 Å². The number of hydrogen-bond donors (Lipinski definition) is 2. The van der Waals surface area contributed by atoms with Crippen molar-refractivity contribution in [3.05, 3.63) is 65.7 Å². The molecule has 2 amide bonds. The van der Waals surface area contributed by atoms with E-state index in [0.29, 0.717) is 12.8 Å². The van der Waals surface area contributed by atoms with Crippen LogP contribution in [-0.4, -0.2) is 35.9 Å². The largest absolute Gasteiger partial charge is 0.349 e. The quantitative estimate of drug-likeness (QED) is 0.769. The number of hydrogen-bond acceptors (Lipinski definition) is 3. The van der Waals surface area contributed by atoms with Crippen LogP contribution in [0.2, 0.25) is 0 Å². The zero-order valence-electron chi connectivity index (χ0n) is 15.0. The van der Waals surface area contributed by atoms with Crippen molar-refractivity contribution >= 4 is 34.8 Å².